The van der Waals surface area contributed by atoms with E-state index in [-0.39, 0.29) is 0 Å². The molecule has 0 saturated carbocycles. The van der Waals surface area contributed by atoms with Crippen molar-refractivity contribution >= 4 is 13.5 Å². The van der Waals surface area contributed by atoms with E-state index in [9.17, 15) is 4.79 Å². The topological polar surface area (TPSA) is 38.8 Å². The maximum Gasteiger partial charge on any atom is 0.421 e. The average Bonchev–Trinajstić information content (AvgIpc) is 2.81. The summed E-state index contributed by atoms with van der Waals surface area (Å²) in [4.78, 5) is 17.7. The lowest BCUT2D eigenvalue weighted by Gasteiger charge is -2.14. The lowest BCUT2D eigenvalue weighted by Crippen LogP contribution is -2.29. The molecule has 0 N–H and O–H groups in total. The zero-order valence-corrected chi connectivity index (χ0v) is 8.39. The molecule has 1 heterocycles. The second-order valence-corrected chi connectivity index (χ2v) is 3.33. The molecule has 1 aliphatic rings. The molecule has 1 aliphatic heterocycles. The summed E-state index contributed by atoms with van der Waals surface area (Å²) in [6.45, 7) is 0.889. The van der Waals surface area contributed by atoms with E-state index in [1.165, 1.54) is 4.97 Å². The number of hydroxylamine groups is 1. The van der Waals surface area contributed by atoms with E-state index in [0.29, 0.717) is 20.6 Å². The van der Waals surface area contributed by atoms with E-state index >= 15 is 0 Å². The van der Waals surface area contributed by atoms with Gasteiger partial charge in [-0.3, -0.25) is 4.84 Å². The molecule has 0 radical (unpaired) electrons. The molecule has 4 nitrogen and oxygen atoms in total. The average molecular weight is 205 g/mol. The van der Waals surface area contributed by atoms with E-state index in [1.54, 1.807) is 0 Å². The lowest BCUT2D eigenvalue weighted by atomic mass is 9.91. The third-order valence-electron chi connectivity index (χ3n) is 2.16. The first kappa shape index (κ1) is 10.0. The Labute approximate surface area is 89.0 Å². The van der Waals surface area contributed by atoms with Crippen molar-refractivity contribution in [1.82, 2.24) is 4.97 Å². The molecule has 1 aromatic carbocycles. The fourth-order valence-corrected chi connectivity index (χ4v) is 1.38. The van der Waals surface area contributed by atoms with Gasteiger partial charge in [-0.15, -0.1) is 0 Å². The number of ether oxygens (including phenoxy) is 1. The summed E-state index contributed by atoms with van der Waals surface area (Å²) in [5.41, 5.74) is 0.977. The van der Waals surface area contributed by atoms with Crippen molar-refractivity contribution in [3.05, 3.63) is 35.9 Å². The fraction of sp³-hybridized carbons (Fsp3) is 0.300. The Morgan fingerprint density at radius 2 is 2.27 bits per heavy atom. The highest BCUT2D eigenvalue weighted by Gasteiger charge is 2.21. The molecule has 0 aliphatic carbocycles. The van der Waals surface area contributed by atoms with Crippen LogP contribution < -0.4 is 0 Å². The van der Waals surface area contributed by atoms with Gasteiger partial charge < -0.3 is 4.74 Å². The Hall–Kier alpha value is -1.49. The Morgan fingerprint density at radius 3 is 2.93 bits per heavy atom. The van der Waals surface area contributed by atoms with E-state index in [0.717, 1.165) is 11.9 Å². The molecule has 0 bridgehead atoms. The Bertz CT molecular complexity index is 325. The number of amides is 1. The molecule has 0 unspecified atom stereocenters. The minimum absolute atomic E-state index is 0.291. The summed E-state index contributed by atoms with van der Waals surface area (Å²) in [6, 6.07) is 9.58. The minimum atomic E-state index is -0.406. The van der Waals surface area contributed by atoms with E-state index in [2.05, 4.69) is 0 Å². The molecule has 0 aromatic heterocycles. The van der Waals surface area contributed by atoms with Gasteiger partial charge in [-0.1, -0.05) is 30.3 Å². The van der Waals surface area contributed by atoms with Crippen LogP contribution in [0.3, 0.4) is 0 Å². The number of hydrogen-bond acceptors (Lipinski definition) is 3. The molecule has 1 fully saturated rings. The highest BCUT2D eigenvalue weighted by atomic mass is 16.7. The molecular weight excluding hydrogens is 193 g/mol. The Balaban J connectivity index is 1.80. The predicted octanol–water partition coefficient (Wildman–Crippen LogP) is 1.34. The summed E-state index contributed by atoms with van der Waals surface area (Å²) in [5, 5.41) is 0. The second kappa shape index (κ2) is 4.84. The third-order valence-corrected chi connectivity index (χ3v) is 2.16. The molecule has 0 spiro atoms. The standard InChI is InChI=1S/C10H12BNO3/c13-10(12-11-6-7-15-12)14-8-9-4-2-1-3-5-9/h1-5,11H,6-8H2. The van der Waals surface area contributed by atoms with Crippen LogP contribution in [0.2, 0.25) is 6.32 Å². The van der Waals surface area contributed by atoms with Crippen molar-refractivity contribution in [2.75, 3.05) is 6.61 Å². The van der Waals surface area contributed by atoms with Crippen LogP contribution in [0.1, 0.15) is 5.56 Å². The summed E-state index contributed by atoms with van der Waals surface area (Å²) in [5.74, 6) is 0. The van der Waals surface area contributed by atoms with Crippen LogP contribution in [0.4, 0.5) is 4.79 Å². The van der Waals surface area contributed by atoms with E-state index < -0.39 is 6.09 Å². The number of carbonyl (C=O) groups is 1. The molecule has 15 heavy (non-hydrogen) atoms. The summed E-state index contributed by atoms with van der Waals surface area (Å²) < 4.78 is 5.07. The van der Waals surface area contributed by atoms with Gasteiger partial charge in [0, 0.05) is 0 Å². The van der Waals surface area contributed by atoms with E-state index in [4.69, 9.17) is 9.57 Å². The predicted molar refractivity (Wildman–Crippen MR) is 56.4 cm³/mol. The van der Waals surface area contributed by atoms with Gasteiger partial charge in [0.25, 0.3) is 7.41 Å². The SMILES string of the molecule is O=C(OCc1ccccc1)N1BCCO1. The quantitative estimate of drug-likeness (QED) is 0.683. The summed E-state index contributed by atoms with van der Waals surface area (Å²) >= 11 is 0. The number of carbonyl (C=O) groups excluding carboxylic acids is 1. The zero-order valence-electron chi connectivity index (χ0n) is 8.39. The molecule has 1 saturated heterocycles. The van der Waals surface area contributed by atoms with Crippen LogP contribution in [-0.2, 0) is 16.2 Å². The van der Waals surface area contributed by atoms with Crippen molar-refractivity contribution in [1.29, 1.82) is 0 Å². The highest BCUT2D eigenvalue weighted by Crippen LogP contribution is 2.07. The highest BCUT2D eigenvalue weighted by molar-refractivity contribution is 6.36. The van der Waals surface area contributed by atoms with Crippen LogP contribution in [0.15, 0.2) is 30.3 Å². The monoisotopic (exact) mass is 205 g/mol. The number of rotatable bonds is 2. The van der Waals surface area contributed by atoms with Crippen molar-refractivity contribution in [3.63, 3.8) is 0 Å². The van der Waals surface area contributed by atoms with Gasteiger partial charge >= 0.3 is 6.09 Å². The first-order chi connectivity index (χ1) is 7.36. The van der Waals surface area contributed by atoms with Crippen LogP contribution in [0.5, 0.6) is 0 Å². The van der Waals surface area contributed by atoms with Crippen LogP contribution >= 0.6 is 0 Å². The minimum Gasteiger partial charge on any atom is -0.444 e. The normalized spacial score (nSPS) is 14.8. The van der Waals surface area contributed by atoms with E-state index in [1.807, 2.05) is 30.3 Å². The van der Waals surface area contributed by atoms with Crippen molar-refractivity contribution < 1.29 is 14.4 Å². The second-order valence-electron chi connectivity index (χ2n) is 3.33. The third kappa shape index (κ3) is 2.73. The molecule has 78 valence electrons. The smallest absolute Gasteiger partial charge is 0.421 e. The number of benzene rings is 1. The van der Waals surface area contributed by atoms with Gasteiger partial charge in [0.05, 0.1) is 6.61 Å². The fourth-order valence-electron chi connectivity index (χ4n) is 1.38. The zero-order chi connectivity index (χ0) is 10.5. The Kier molecular flexibility index (Phi) is 3.24. The first-order valence-electron chi connectivity index (χ1n) is 4.97. The molecule has 5 heteroatoms. The van der Waals surface area contributed by atoms with Crippen LogP contribution in [-0.4, -0.2) is 25.1 Å². The van der Waals surface area contributed by atoms with Crippen LogP contribution in [0.25, 0.3) is 0 Å². The van der Waals surface area contributed by atoms with Gasteiger partial charge in [0.1, 0.15) is 6.61 Å². The van der Waals surface area contributed by atoms with Gasteiger partial charge in [0.2, 0.25) is 0 Å². The van der Waals surface area contributed by atoms with Gasteiger partial charge in [-0.25, -0.2) is 9.77 Å². The Morgan fingerprint density at radius 1 is 1.47 bits per heavy atom. The van der Waals surface area contributed by atoms with Crippen LogP contribution in [0, 0.1) is 0 Å². The summed E-state index contributed by atoms with van der Waals surface area (Å²) in [7, 11) is 0.619. The lowest BCUT2D eigenvalue weighted by molar-refractivity contribution is -0.0530. The molecule has 1 aromatic rings. The van der Waals surface area contributed by atoms with Crippen molar-refractivity contribution in [2.45, 2.75) is 12.9 Å². The number of hydrogen-bond donors (Lipinski definition) is 0. The largest absolute Gasteiger partial charge is 0.444 e. The maximum atomic E-state index is 11.4. The molecule has 2 rings (SSSR count). The van der Waals surface area contributed by atoms with Crippen molar-refractivity contribution in [2.24, 2.45) is 0 Å². The molecular formula is C10H12BNO3. The van der Waals surface area contributed by atoms with Gasteiger partial charge in [0.15, 0.2) is 0 Å². The van der Waals surface area contributed by atoms with Gasteiger partial charge in [-0.2, -0.15) is 0 Å². The maximum absolute atomic E-state index is 11.4. The molecule has 0 atom stereocenters. The van der Waals surface area contributed by atoms with Gasteiger partial charge in [-0.05, 0) is 11.9 Å². The number of nitrogens with zero attached hydrogens (tertiary/aromatic N) is 1. The first-order valence-corrected chi connectivity index (χ1v) is 4.97. The summed E-state index contributed by atoms with van der Waals surface area (Å²) in [6.07, 6.45) is 0.469. The molecule has 1 amide bonds. The van der Waals surface area contributed by atoms with Crippen molar-refractivity contribution in [3.8, 4) is 0 Å².